The molecule has 2 rings (SSSR count). The summed E-state index contributed by atoms with van der Waals surface area (Å²) in [5.74, 6) is 1.78. The minimum absolute atomic E-state index is 0.170. The number of nitrogens with one attached hydrogen (secondary N) is 1. The largest absolute Gasteiger partial charge is 0.492 e. The van der Waals surface area contributed by atoms with Gasteiger partial charge >= 0.3 is 0 Å². The van der Waals surface area contributed by atoms with Crippen LogP contribution in [0.5, 0.6) is 11.5 Å². The van der Waals surface area contributed by atoms with E-state index in [0.29, 0.717) is 13.2 Å². The van der Waals surface area contributed by atoms with Gasteiger partial charge in [0.25, 0.3) is 0 Å². The van der Waals surface area contributed by atoms with Crippen molar-refractivity contribution in [3.63, 3.8) is 0 Å². The zero-order chi connectivity index (χ0) is 16.7. The van der Waals surface area contributed by atoms with Gasteiger partial charge in [0.2, 0.25) is 0 Å². The van der Waals surface area contributed by atoms with Crippen LogP contribution in [0, 0.1) is 0 Å². The first-order valence-corrected chi connectivity index (χ1v) is 8.19. The van der Waals surface area contributed by atoms with Crippen LogP contribution in [-0.4, -0.2) is 19.8 Å². The highest BCUT2D eigenvalue weighted by atomic mass is 16.5. The number of anilines is 1. The number of rotatable bonds is 7. The van der Waals surface area contributed by atoms with Gasteiger partial charge in [-0.25, -0.2) is 0 Å². The van der Waals surface area contributed by atoms with Gasteiger partial charge in [0, 0.05) is 6.54 Å². The fourth-order valence-electron chi connectivity index (χ4n) is 2.30. The number of hydrogen-bond acceptors (Lipinski definition) is 3. The Morgan fingerprint density at radius 1 is 0.913 bits per heavy atom. The first-order valence-electron chi connectivity index (χ1n) is 8.19. The van der Waals surface area contributed by atoms with Gasteiger partial charge in [-0.05, 0) is 42.2 Å². The lowest BCUT2D eigenvalue weighted by Crippen LogP contribution is -2.13. The molecular weight excluding hydrogens is 286 g/mol. The van der Waals surface area contributed by atoms with Gasteiger partial charge < -0.3 is 14.8 Å². The summed E-state index contributed by atoms with van der Waals surface area (Å²) < 4.78 is 11.4. The summed E-state index contributed by atoms with van der Waals surface area (Å²) in [6, 6.07) is 16.3. The molecule has 2 aromatic carbocycles. The molecule has 0 spiro atoms. The van der Waals surface area contributed by atoms with Crippen molar-refractivity contribution in [1.82, 2.24) is 0 Å². The molecule has 124 valence electrons. The van der Waals surface area contributed by atoms with Gasteiger partial charge in [-0.2, -0.15) is 0 Å². The van der Waals surface area contributed by atoms with Crippen molar-refractivity contribution in [3.05, 3.63) is 54.1 Å². The Kier molecular flexibility index (Phi) is 5.91. The van der Waals surface area contributed by atoms with E-state index in [1.807, 2.05) is 43.3 Å². The molecule has 1 N–H and O–H groups in total. The second kappa shape index (κ2) is 7.91. The Labute approximate surface area is 139 Å². The van der Waals surface area contributed by atoms with Crippen molar-refractivity contribution in [2.24, 2.45) is 0 Å². The molecule has 0 aromatic heterocycles. The molecule has 23 heavy (non-hydrogen) atoms. The highest BCUT2D eigenvalue weighted by molar-refractivity contribution is 5.56. The van der Waals surface area contributed by atoms with Crippen LogP contribution in [-0.2, 0) is 5.41 Å². The molecule has 0 aliphatic rings. The quantitative estimate of drug-likeness (QED) is 0.739. The lowest BCUT2D eigenvalue weighted by molar-refractivity contribution is 0.330. The minimum atomic E-state index is 0.170. The summed E-state index contributed by atoms with van der Waals surface area (Å²) in [5, 5.41) is 3.35. The van der Waals surface area contributed by atoms with Gasteiger partial charge in [0.15, 0.2) is 0 Å². The highest BCUT2D eigenvalue weighted by Gasteiger charge is 2.12. The monoisotopic (exact) mass is 313 g/mol. The SMILES string of the molecule is CCOc1ccccc1NCCOc1ccc(C(C)(C)C)cc1. The first-order chi connectivity index (χ1) is 11.0. The van der Waals surface area contributed by atoms with E-state index in [4.69, 9.17) is 9.47 Å². The Bertz CT molecular complexity index is 600. The van der Waals surface area contributed by atoms with Gasteiger partial charge in [0.1, 0.15) is 18.1 Å². The molecule has 0 bridgehead atoms. The van der Waals surface area contributed by atoms with E-state index in [1.165, 1.54) is 5.56 Å². The van der Waals surface area contributed by atoms with E-state index in [2.05, 4.69) is 38.2 Å². The average molecular weight is 313 g/mol. The van der Waals surface area contributed by atoms with Crippen LogP contribution >= 0.6 is 0 Å². The molecule has 0 saturated carbocycles. The standard InChI is InChI=1S/C20H27NO2/c1-5-22-19-9-7-6-8-18(19)21-14-15-23-17-12-10-16(11-13-17)20(2,3)4/h6-13,21H,5,14-15H2,1-4H3. The second-order valence-electron chi connectivity index (χ2n) is 6.48. The lowest BCUT2D eigenvalue weighted by atomic mass is 9.87. The smallest absolute Gasteiger partial charge is 0.142 e. The Balaban J connectivity index is 1.82. The fraction of sp³-hybridized carbons (Fsp3) is 0.400. The normalized spacial score (nSPS) is 11.1. The zero-order valence-corrected chi connectivity index (χ0v) is 14.6. The van der Waals surface area contributed by atoms with Crippen molar-refractivity contribution in [2.75, 3.05) is 25.1 Å². The van der Waals surface area contributed by atoms with Crippen molar-refractivity contribution in [3.8, 4) is 11.5 Å². The minimum Gasteiger partial charge on any atom is -0.492 e. The van der Waals surface area contributed by atoms with E-state index in [1.54, 1.807) is 0 Å². The topological polar surface area (TPSA) is 30.5 Å². The maximum absolute atomic E-state index is 5.79. The number of benzene rings is 2. The zero-order valence-electron chi connectivity index (χ0n) is 14.6. The fourth-order valence-corrected chi connectivity index (χ4v) is 2.30. The molecule has 0 fully saturated rings. The number of ether oxygens (including phenoxy) is 2. The van der Waals surface area contributed by atoms with E-state index < -0.39 is 0 Å². The summed E-state index contributed by atoms with van der Waals surface area (Å²) in [6.07, 6.45) is 0. The van der Waals surface area contributed by atoms with Gasteiger partial charge in [-0.15, -0.1) is 0 Å². The molecular formula is C20H27NO2. The van der Waals surface area contributed by atoms with Crippen molar-refractivity contribution >= 4 is 5.69 Å². The number of para-hydroxylation sites is 2. The number of hydrogen-bond donors (Lipinski definition) is 1. The summed E-state index contributed by atoms with van der Waals surface area (Å²) in [5.41, 5.74) is 2.48. The van der Waals surface area contributed by atoms with Crippen LogP contribution in [0.2, 0.25) is 0 Å². The van der Waals surface area contributed by atoms with Crippen LogP contribution in [0.25, 0.3) is 0 Å². The molecule has 0 amide bonds. The van der Waals surface area contributed by atoms with Gasteiger partial charge in [0.05, 0.1) is 12.3 Å². The average Bonchev–Trinajstić information content (AvgIpc) is 2.53. The molecule has 0 atom stereocenters. The summed E-state index contributed by atoms with van der Waals surface area (Å²) in [6.45, 7) is 10.6. The predicted molar refractivity (Wildman–Crippen MR) is 96.7 cm³/mol. The maximum Gasteiger partial charge on any atom is 0.142 e. The molecule has 0 radical (unpaired) electrons. The van der Waals surface area contributed by atoms with Crippen LogP contribution in [0.1, 0.15) is 33.3 Å². The highest BCUT2D eigenvalue weighted by Crippen LogP contribution is 2.25. The van der Waals surface area contributed by atoms with Crippen LogP contribution < -0.4 is 14.8 Å². The Morgan fingerprint density at radius 2 is 1.61 bits per heavy atom. The van der Waals surface area contributed by atoms with E-state index in [-0.39, 0.29) is 5.41 Å². The molecule has 0 aliphatic heterocycles. The maximum atomic E-state index is 5.79. The third kappa shape index (κ3) is 5.20. The van der Waals surface area contributed by atoms with Crippen molar-refractivity contribution < 1.29 is 9.47 Å². The summed E-state index contributed by atoms with van der Waals surface area (Å²) in [4.78, 5) is 0. The molecule has 3 nitrogen and oxygen atoms in total. The van der Waals surface area contributed by atoms with Gasteiger partial charge in [-0.3, -0.25) is 0 Å². The second-order valence-corrected chi connectivity index (χ2v) is 6.48. The van der Waals surface area contributed by atoms with Crippen LogP contribution in [0.15, 0.2) is 48.5 Å². The van der Waals surface area contributed by atoms with Crippen molar-refractivity contribution in [2.45, 2.75) is 33.1 Å². The Morgan fingerprint density at radius 3 is 2.26 bits per heavy atom. The lowest BCUT2D eigenvalue weighted by Gasteiger charge is -2.19. The van der Waals surface area contributed by atoms with E-state index in [9.17, 15) is 0 Å². The van der Waals surface area contributed by atoms with Gasteiger partial charge in [-0.1, -0.05) is 45.0 Å². The third-order valence-electron chi connectivity index (χ3n) is 3.59. The summed E-state index contributed by atoms with van der Waals surface area (Å²) >= 11 is 0. The molecule has 3 heteroatoms. The molecule has 2 aromatic rings. The Hall–Kier alpha value is -2.16. The molecule has 0 heterocycles. The molecule has 0 saturated heterocycles. The van der Waals surface area contributed by atoms with Crippen molar-refractivity contribution in [1.29, 1.82) is 0 Å². The molecule has 0 unspecified atom stereocenters. The summed E-state index contributed by atoms with van der Waals surface area (Å²) in [7, 11) is 0. The third-order valence-corrected chi connectivity index (χ3v) is 3.59. The first kappa shape index (κ1) is 17.2. The predicted octanol–water partition coefficient (Wildman–Crippen LogP) is 4.87. The van der Waals surface area contributed by atoms with E-state index in [0.717, 1.165) is 23.7 Å². The van der Waals surface area contributed by atoms with Crippen LogP contribution in [0.3, 0.4) is 0 Å². The van der Waals surface area contributed by atoms with Crippen LogP contribution in [0.4, 0.5) is 5.69 Å². The van der Waals surface area contributed by atoms with E-state index >= 15 is 0 Å². The molecule has 0 aliphatic carbocycles.